The molecule has 0 atom stereocenters. The minimum atomic E-state index is -0.409. The van der Waals surface area contributed by atoms with Gasteiger partial charge in [0.25, 0.3) is 0 Å². The van der Waals surface area contributed by atoms with Crippen LogP contribution in [0.3, 0.4) is 0 Å². The van der Waals surface area contributed by atoms with Crippen molar-refractivity contribution in [2.45, 2.75) is 38.8 Å². The van der Waals surface area contributed by atoms with Gasteiger partial charge in [0, 0.05) is 18.7 Å². The van der Waals surface area contributed by atoms with Crippen molar-refractivity contribution in [2.75, 3.05) is 6.54 Å². The van der Waals surface area contributed by atoms with Gasteiger partial charge in [0.05, 0.1) is 6.54 Å². The number of nitrogens with zero attached hydrogens (tertiary/aromatic N) is 1. The van der Waals surface area contributed by atoms with Crippen molar-refractivity contribution >= 4 is 11.9 Å². The first-order chi connectivity index (χ1) is 16.2. The third-order valence-corrected chi connectivity index (χ3v) is 6.21. The number of benzene rings is 3. The maximum Gasteiger partial charge on any atom is 0.248 e. The fourth-order valence-electron chi connectivity index (χ4n) is 4.21. The Morgan fingerprint density at radius 2 is 1.45 bits per heavy atom. The van der Waals surface area contributed by atoms with Crippen LogP contribution in [-0.4, -0.2) is 18.4 Å². The summed E-state index contributed by atoms with van der Waals surface area (Å²) >= 11 is 0. The van der Waals surface area contributed by atoms with E-state index in [2.05, 4.69) is 59.2 Å². The summed E-state index contributed by atoms with van der Waals surface area (Å²) in [5.74, 6) is 1.12. The molecule has 0 unspecified atom stereocenters. The van der Waals surface area contributed by atoms with Crippen LogP contribution in [0.5, 0.6) is 0 Å². The fourth-order valence-corrected chi connectivity index (χ4v) is 4.21. The van der Waals surface area contributed by atoms with Gasteiger partial charge < -0.3 is 16.4 Å². The minimum Gasteiger partial charge on any atom is -0.366 e. The highest BCUT2D eigenvalue weighted by atomic mass is 16.1. The predicted octanol–water partition coefficient (Wildman–Crippen LogP) is 4.88. The largest absolute Gasteiger partial charge is 0.366 e. The lowest BCUT2D eigenvalue weighted by Gasteiger charge is -2.16. The number of hydrogen-bond acceptors (Lipinski definition) is 2. The first-order valence-electron chi connectivity index (χ1n) is 11.7. The molecule has 3 aromatic rings. The van der Waals surface area contributed by atoms with Gasteiger partial charge in [-0.3, -0.25) is 4.79 Å². The molecule has 0 spiro atoms. The first kappa shape index (κ1) is 22.6. The van der Waals surface area contributed by atoms with Gasteiger partial charge >= 0.3 is 0 Å². The Labute approximate surface area is 196 Å². The molecule has 1 aliphatic rings. The maximum atomic E-state index is 11.3. The van der Waals surface area contributed by atoms with Crippen molar-refractivity contribution in [1.82, 2.24) is 10.6 Å². The molecule has 1 fully saturated rings. The Balaban J connectivity index is 1.39. The number of nitrogens with one attached hydrogen (secondary N) is 2. The fraction of sp³-hybridized carbons (Fsp3) is 0.286. The van der Waals surface area contributed by atoms with E-state index in [0.717, 1.165) is 24.0 Å². The molecular weight excluding hydrogens is 408 g/mol. The van der Waals surface area contributed by atoms with Crippen LogP contribution >= 0.6 is 0 Å². The zero-order chi connectivity index (χ0) is 22.9. The molecule has 1 aliphatic carbocycles. The number of guanidine groups is 1. The number of amides is 1. The van der Waals surface area contributed by atoms with Gasteiger partial charge in [-0.25, -0.2) is 4.99 Å². The van der Waals surface area contributed by atoms with Crippen molar-refractivity contribution in [1.29, 1.82) is 0 Å². The monoisotopic (exact) mass is 440 g/mol. The van der Waals surface area contributed by atoms with E-state index >= 15 is 0 Å². The van der Waals surface area contributed by atoms with E-state index in [1.165, 1.54) is 42.4 Å². The molecule has 1 amide bonds. The molecule has 0 aliphatic heterocycles. The summed E-state index contributed by atoms with van der Waals surface area (Å²) in [5.41, 5.74) is 10.5. The van der Waals surface area contributed by atoms with Crippen LogP contribution in [0.1, 0.15) is 47.2 Å². The molecule has 3 aromatic carbocycles. The minimum absolute atomic E-state index is 0.409. The van der Waals surface area contributed by atoms with Gasteiger partial charge in [-0.05, 0) is 53.1 Å². The number of hydrogen-bond donors (Lipinski definition) is 3. The SMILES string of the molecule is NC(=O)c1ccc(CNC(=NCc2ccc(-c3ccccc3)cc2)NCC2CCCC2)cc1. The lowest BCUT2D eigenvalue weighted by Crippen LogP contribution is -2.39. The average molecular weight is 441 g/mol. The zero-order valence-electron chi connectivity index (χ0n) is 19.0. The standard InChI is InChI=1S/C28H32N4O/c29-27(33)26-16-12-23(13-17-26)20-32-28(30-18-21-6-4-5-7-21)31-19-22-10-14-25(15-11-22)24-8-2-1-3-9-24/h1-3,8-17,21H,4-7,18-20H2,(H2,29,33)(H2,30,31,32). The molecule has 0 saturated heterocycles. The molecule has 5 heteroatoms. The molecule has 33 heavy (non-hydrogen) atoms. The number of rotatable bonds is 8. The first-order valence-corrected chi connectivity index (χ1v) is 11.7. The number of nitrogens with two attached hydrogens (primary N) is 1. The van der Waals surface area contributed by atoms with Crippen LogP contribution in [0.2, 0.25) is 0 Å². The molecule has 4 N–H and O–H groups in total. The number of primary amides is 1. The second kappa shape index (κ2) is 11.3. The van der Waals surface area contributed by atoms with E-state index in [1.54, 1.807) is 12.1 Å². The van der Waals surface area contributed by atoms with Gasteiger partial charge in [0.15, 0.2) is 5.96 Å². The summed E-state index contributed by atoms with van der Waals surface area (Å²) in [6, 6.07) is 26.3. The molecule has 5 nitrogen and oxygen atoms in total. The van der Waals surface area contributed by atoms with E-state index in [-0.39, 0.29) is 0 Å². The number of carbonyl (C=O) groups is 1. The van der Waals surface area contributed by atoms with Crippen molar-refractivity contribution in [3.05, 3.63) is 95.6 Å². The predicted molar refractivity (Wildman–Crippen MR) is 135 cm³/mol. The van der Waals surface area contributed by atoms with E-state index < -0.39 is 5.91 Å². The Morgan fingerprint density at radius 1 is 0.818 bits per heavy atom. The molecule has 0 bridgehead atoms. The van der Waals surface area contributed by atoms with Crippen LogP contribution in [0, 0.1) is 5.92 Å². The van der Waals surface area contributed by atoms with Gasteiger partial charge in [0.2, 0.25) is 5.91 Å². The van der Waals surface area contributed by atoms with Crippen molar-refractivity contribution in [3.63, 3.8) is 0 Å². The zero-order valence-corrected chi connectivity index (χ0v) is 19.0. The molecule has 0 heterocycles. The molecule has 4 rings (SSSR count). The Bertz CT molecular complexity index is 1050. The number of carbonyl (C=O) groups excluding carboxylic acids is 1. The summed E-state index contributed by atoms with van der Waals surface area (Å²) in [6.07, 6.45) is 5.23. The topological polar surface area (TPSA) is 79.5 Å². The lowest BCUT2D eigenvalue weighted by atomic mass is 10.0. The summed E-state index contributed by atoms with van der Waals surface area (Å²) < 4.78 is 0. The van der Waals surface area contributed by atoms with Gasteiger partial charge in [-0.1, -0.05) is 79.6 Å². The van der Waals surface area contributed by atoms with Crippen LogP contribution in [0.4, 0.5) is 0 Å². The molecule has 0 aromatic heterocycles. The molecular formula is C28H32N4O. The third kappa shape index (κ3) is 6.69. The molecule has 170 valence electrons. The van der Waals surface area contributed by atoms with Crippen LogP contribution in [-0.2, 0) is 13.1 Å². The summed E-state index contributed by atoms with van der Waals surface area (Å²) in [7, 11) is 0. The summed E-state index contributed by atoms with van der Waals surface area (Å²) in [4.78, 5) is 16.1. The molecule has 1 saturated carbocycles. The average Bonchev–Trinajstić information content (AvgIpc) is 3.38. The maximum absolute atomic E-state index is 11.3. The van der Waals surface area contributed by atoms with Gasteiger partial charge in [-0.2, -0.15) is 0 Å². The second-order valence-corrected chi connectivity index (χ2v) is 8.67. The second-order valence-electron chi connectivity index (χ2n) is 8.67. The van der Waals surface area contributed by atoms with E-state index in [4.69, 9.17) is 10.7 Å². The van der Waals surface area contributed by atoms with Crippen molar-refractivity contribution < 1.29 is 4.79 Å². The van der Waals surface area contributed by atoms with Crippen molar-refractivity contribution in [2.24, 2.45) is 16.6 Å². The Kier molecular flexibility index (Phi) is 7.75. The van der Waals surface area contributed by atoms with Crippen LogP contribution in [0.15, 0.2) is 83.9 Å². The van der Waals surface area contributed by atoms with Crippen LogP contribution in [0.25, 0.3) is 11.1 Å². The quantitative estimate of drug-likeness (QED) is 0.345. The number of aliphatic imine (C=N–C) groups is 1. The molecule has 0 radical (unpaired) electrons. The van der Waals surface area contributed by atoms with E-state index in [9.17, 15) is 4.79 Å². The van der Waals surface area contributed by atoms with Crippen molar-refractivity contribution in [3.8, 4) is 11.1 Å². The van der Waals surface area contributed by atoms with Crippen LogP contribution < -0.4 is 16.4 Å². The van der Waals surface area contributed by atoms with E-state index in [1.807, 2.05) is 18.2 Å². The summed E-state index contributed by atoms with van der Waals surface area (Å²) in [6.45, 7) is 2.18. The smallest absolute Gasteiger partial charge is 0.248 e. The Hall–Kier alpha value is -3.60. The highest BCUT2D eigenvalue weighted by Gasteiger charge is 2.15. The lowest BCUT2D eigenvalue weighted by molar-refractivity contribution is 0.100. The third-order valence-electron chi connectivity index (χ3n) is 6.21. The van der Waals surface area contributed by atoms with Gasteiger partial charge in [0.1, 0.15) is 0 Å². The Morgan fingerprint density at radius 3 is 2.12 bits per heavy atom. The van der Waals surface area contributed by atoms with Gasteiger partial charge in [-0.15, -0.1) is 0 Å². The highest BCUT2D eigenvalue weighted by molar-refractivity contribution is 5.92. The normalized spacial score (nSPS) is 14.2. The highest BCUT2D eigenvalue weighted by Crippen LogP contribution is 2.23. The summed E-state index contributed by atoms with van der Waals surface area (Å²) in [5, 5.41) is 6.97. The van der Waals surface area contributed by atoms with E-state index in [0.29, 0.717) is 18.7 Å².